The Balaban J connectivity index is 2.22. The van der Waals surface area contributed by atoms with Gasteiger partial charge >= 0.3 is 6.18 Å². The van der Waals surface area contributed by atoms with Crippen LogP contribution in [0.15, 0.2) is 40.9 Å². The Kier molecular flexibility index (Phi) is 4.51. The molecule has 0 atom stereocenters. The van der Waals surface area contributed by atoms with Gasteiger partial charge in [-0.25, -0.2) is 8.78 Å². The fourth-order valence-corrected chi connectivity index (χ4v) is 2.12. The van der Waals surface area contributed by atoms with Crippen LogP contribution in [0, 0.1) is 11.6 Å². The molecule has 0 aliphatic heterocycles. The summed E-state index contributed by atoms with van der Waals surface area (Å²) >= 11 is 3.03. The summed E-state index contributed by atoms with van der Waals surface area (Å²) in [6.45, 7) is -0.0173. The van der Waals surface area contributed by atoms with Crippen LogP contribution >= 0.6 is 15.9 Å². The van der Waals surface area contributed by atoms with Crippen LogP contribution in [0.2, 0.25) is 0 Å². The van der Waals surface area contributed by atoms with Crippen LogP contribution < -0.4 is 5.32 Å². The van der Waals surface area contributed by atoms with E-state index >= 15 is 0 Å². The fraction of sp³-hybridized carbons (Fsp3) is 0.143. The van der Waals surface area contributed by atoms with E-state index in [9.17, 15) is 22.0 Å². The minimum Gasteiger partial charge on any atom is -0.379 e. The second-order valence-electron chi connectivity index (χ2n) is 4.26. The Morgan fingerprint density at radius 1 is 1.00 bits per heavy atom. The van der Waals surface area contributed by atoms with Gasteiger partial charge < -0.3 is 5.32 Å². The van der Waals surface area contributed by atoms with Gasteiger partial charge in [0.15, 0.2) is 0 Å². The van der Waals surface area contributed by atoms with Crippen molar-refractivity contribution in [2.75, 3.05) is 5.32 Å². The molecular formula is C14H9BrF5N. The van der Waals surface area contributed by atoms with Gasteiger partial charge in [0.05, 0.1) is 15.7 Å². The minimum atomic E-state index is -4.55. The number of anilines is 1. The van der Waals surface area contributed by atoms with Crippen molar-refractivity contribution < 1.29 is 22.0 Å². The van der Waals surface area contributed by atoms with Gasteiger partial charge in [0.25, 0.3) is 0 Å². The van der Waals surface area contributed by atoms with Crippen LogP contribution in [0.4, 0.5) is 27.6 Å². The molecule has 0 aromatic heterocycles. The van der Waals surface area contributed by atoms with Crippen molar-refractivity contribution in [2.24, 2.45) is 0 Å². The Hall–Kier alpha value is -1.63. The lowest BCUT2D eigenvalue weighted by molar-refractivity contribution is -0.137. The molecule has 1 nitrogen and oxygen atoms in total. The van der Waals surface area contributed by atoms with Gasteiger partial charge in [0.1, 0.15) is 11.6 Å². The average molecular weight is 366 g/mol. The first-order valence-corrected chi connectivity index (χ1v) is 6.62. The summed E-state index contributed by atoms with van der Waals surface area (Å²) in [6, 6.07) is 6.36. The maximum atomic E-state index is 13.5. The second-order valence-corrected chi connectivity index (χ2v) is 5.05. The third-order valence-corrected chi connectivity index (χ3v) is 3.68. The van der Waals surface area contributed by atoms with Crippen LogP contribution in [0.5, 0.6) is 0 Å². The van der Waals surface area contributed by atoms with Crippen molar-refractivity contribution in [3.63, 3.8) is 0 Å². The summed E-state index contributed by atoms with van der Waals surface area (Å²) < 4.78 is 64.7. The zero-order valence-electron chi connectivity index (χ0n) is 10.4. The number of benzene rings is 2. The van der Waals surface area contributed by atoms with E-state index in [0.29, 0.717) is 17.7 Å². The maximum Gasteiger partial charge on any atom is 0.416 e. The van der Waals surface area contributed by atoms with E-state index in [0.717, 1.165) is 6.07 Å². The van der Waals surface area contributed by atoms with Gasteiger partial charge in [-0.1, -0.05) is 12.1 Å². The molecule has 0 saturated heterocycles. The molecule has 0 saturated carbocycles. The molecule has 7 heteroatoms. The highest BCUT2D eigenvalue weighted by Crippen LogP contribution is 2.32. The molecule has 0 amide bonds. The second kappa shape index (κ2) is 6.01. The smallest absolute Gasteiger partial charge is 0.379 e. The van der Waals surface area contributed by atoms with Crippen molar-refractivity contribution in [2.45, 2.75) is 12.7 Å². The first kappa shape index (κ1) is 15.8. The number of rotatable bonds is 3. The largest absolute Gasteiger partial charge is 0.416 e. The minimum absolute atomic E-state index is 0.0173. The summed E-state index contributed by atoms with van der Waals surface area (Å²) in [5, 5.41) is 2.54. The van der Waals surface area contributed by atoms with Gasteiger partial charge in [0, 0.05) is 6.54 Å². The molecule has 0 radical (unpaired) electrons. The zero-order valence-corrected chi connectivity index (χ0v) is 12.0. The average Bonchev–Trinajstić information content (AvgIpc) is 2.40. The number of hydrogen-bond acceptors (Lipinski definition) is 1. The molecule has 2 aromatic rings. The molecule has 0 aliphatic rings. The highest BCUT2D eigenvalue weighted by molar-refractivity contribution is 9.10. The van der Waals surface area contributed by atoms with Crippen molar-refractivity contribution in [3.8, 4) is 0 Å². The maximum absolute atomic E-state index is 13.5. The van der Waals surface area contributed by atoms with E-state index in [1.54, 1.807) is 6.07 Å². The molecule has 0 heterocycles. The molecule has 2 rings (SSSR count). The lowest BCUT2D eigenvalue weighted by Crippen LogP contribution is -2.08. The van der Waals surface area contributed by atoms with Gasteiger partial charge in [-0.3, -0.25) is 0 Å². The van der Waals surface area contributed by atoms with Crippen molar-refractivity contribution in [3.05, 3.63) is 63.6 Å². The summed E-state index contributed by atoms with van der Waals surface area (Å²) in [5.74, 6) is -1.31. The number of nitrogens with one attached hydrogen (secondary N) is 1. The van der Waals surface area contributed by atoms with E-state index in [1.807, 2.05) is 0 Å². The summed E-state index contributed by atoms with van der Waals surface area (Å²) in [5.41, 5.74) is -0.780. The predicted octanol–water partition coefficient (Wildman–Crippen LogP) is 5.36. The van der Waals surface area contributed by atoms with Gasteiger partial charge in [0.2, 0.25) is 0 Å². The SMILES string of the molecule is Fc1ccc(C(F)(F)F)cc1NCc1cccc(F)c1Br. The van der Waals surface area contributed by atoms with Crippen LogP contribution in [-0.2, 0) is 12.7 Å². The van der Waals surface area contributed by atoms with Crippen LogP contribution in [-0.4, -0.2) is 0 Å². The Bertz CT molecular complexity index is 654. The van der Waals surface area contributed by atoms with Gasteiger partial charge in [-0.15, -0.1) is 0 Å². The Morgan fingerprint density at radius 3 is 2.38 bits per heavy atom. The molecule has 2 aromatic carbocycles. The summed E-state index contributed by atoms with van der Waals surface area (Å²) in [7, 11) is 0. The normalized spacial score (nSPS) is 11.5. The third kappa shape index (κ3) is 3.72. The molecule has 21 heavy (non-hydrogen) atoms. The number of hydrogen-bond donors (Lipinski definition) is 1. The Morgan fingerprint density at radius 2 is 1.71 bits per heavy atom. The molecule has 0 aliphatic carbocycles. The van der Waals surface area contributed by atoms with Crippen LogP contribution in [0.1, 0.15) is 11.1 Å². The van der Waals surface area contributed by atoms with Crippen molar-refractivity contribution >= 4 is 21.6 Å². The highest BCUT2D eigenvalue weighted by atomic mass is 79.9. The molecule has 112 valence electrons. The van der Waals surface area contributed by atoms with Crippen LogP contribution in [0.25, 0.3) is 0 Å². The quantitative estimate of drug-likeness (QED) is 0.722. The van der Waals surface area contributed by atoms with E-state index < -0.39 is 23.4 Å². The summed E-state index contributed by atoms with van der Waals surface area (Å²) in [4.78, 5) is 0. The molecule has 1 N–H and O–H groups in total. The number of halogens is 6. The topological polar surface area (TPSA) is 12.0 Å². The lowest BCUT2D eigenvalue weighted by Gasteiger charge is -2.12. The first-order valence-electron chi connectivity index (χ1n) is 5.82. The monoisotopic (exact) mass is 365 g/mol. The molecule has 0 fully saturated rings. The van der Waals surface area contributed by atoms with Gasteiger partial charge in [-0.05, 0) is 45.8 Å². The van der Waals surface area contributed by atoms with Crippen LogP contribution in [0.3, 0.4) is 0 Å². The predicted molar refractivity (Wildman–Crippen MR) is 72.8 cm³/mol. The standard InChI is InChI=1S/C14H9BrF5N/c15-13-8(2-1-3-11(13)17)7-21-12-6-9(14(18,19)20)4-5-10(12)16/h1-6,21H,7H2. The number of alkyl halides is 3. The van der Waals surface area contributed by atoms with Crippen molar-refractivity contribution in [1.29, 1.82) is 0 Å². The molecule has 0 bridgehead atoms. The fourth-order valence-electron chi connectivity index (χ4n) is 1.71. The molecule has 0 spiro atoms. The summed E-state index contributed by atoms with van der Waals surface area (Å²) in [6.07, 6.45) is -4.55. The van der Waals surface area contributed by atoms with E-state index in [1.165, 1.54) is 12.1 Å². The molecule has 0 unspecified atom stereocenters. The first-order chi connectivity index (χ1) is 9.79. The molecular weight excluding hydrogens is 357 g/mol. The highest BCUT2D eigenvalue weighted by Gasteiger charge is 2.31. The lowest BCUT2D eigenvalue weighted by atomic mass is 10.1. The van der Waals surface area contributed by atoms with Gasteiger partial charge in [-0.2, -0.15) is 13.2 Å². The zero-order chi connectivity index (χ0) is 15.6. The van der Waals surface area contributed by atoms with E-state index in [4.69, 9.17) is 0 Å². The van der Waals surface area contributed by atoms with E-state index in [2.05, 4.69) is 21.2 Å². The third-order valence-electron chi connectivity index (χ3n) is 2.79. The Labute approximate surface area is 125 Å². The van der Waals surface area contributed by atoms with E-state index in [-0.39, 0.29) is 16.7 Å². The van der Waals surface area contributed by atoms with Crippen molar-refractivity contribution in [1.82, 2.24) is 0 Å².